The fourth-order valence-corrected chi connectivity index (χ4v) is 3.66. The zero-order valence-electron chi connectivity index (χ0n) is 13.3. The Morgan fingerprint density at radius 3 is 2.85 bits per heavy atom. The predicted molar refractivity (Wildman–Crippen MR) is 87.0 cm³/mol. The first-order chi connectivity index (χ1) is 9.60. The maximum absolute atomic E-state index is 4.47. The molecule has 1 fully saturated rings. The highest BCUT2D eigenvalue weighted by Crippen LogP contribution is 2.22. The van der Waals surface area contributed by atoms with Crippen molar-refractivity contribution >= 4 is 11.3 Å². The van der Waals surface area contributed by atoms with Crippen LogP contribution in [-0.4, -0.2) is 35.1 Å². The molecule has 0 spiro atoms. The third-order valence-corrected chi connectivity index (χ3v) is 5.22. The Hall–Kier alpha value is -0.450. The van der Waals surface area contributed by atoms with Crippen LogP contribution in [0.1, 0.15) is 45.5 Å². The molecule has 2 heterocycles. The third-order valence-electron chi connectivity index (χ3n) is 4.46. The molecule has 20 heavy (non-hydrogen) atoms. The highest BCUT2D eigenvalue weighted by Gasteiger charge is 2.30. The van der Waals surface area contributed by atoms with Crippen LogP contribution >= 0.6 is 11.3 Å². The van der Waals surface area contributed by atoms with E-state index in [0.29, 0.717) is 12.1 Å². The van der Waals surface area contributed by atoms with Crippen LogP contribution in [0.25, 0.3) is 0 Å². The number of nitrogens with one attached hydrogen (secondary N) is 1. The van der Waals surface area contributed by atoms with E-state index >= 15 is 0 Å². The molecule has 1 saturated heterocycles. The van der Waals surface area contributed by atoms with Crippen LogP contribution in [0.4, 0.5) is 0 Å². The van der Waals surface area contributed by atoms with Gasteiger partial charge in [0.05, 0.1) is 6.54 Å². The van der Waals surface area contributed by atoms with Gasteiger partial charge in [-0.15, -0.1) is 11.3 Å². The summed E-state index contributed by atoms with van der Waals surface area (Å²) in [5, 5.41) is 7.11. The van der Waals surface area contributed by atoms with Gasteiger partial charge in [-0.3, -0.25) is 4.90 Å². The van der Waals surface area contributed by atoms with Gasteiger partial charge in [-0.05, 0) is 18.3 Å². The van der Waals surface area contributed by atoms with Gasteiger partial charge in [0.15, 0.2) is 0 Å². The number of hydrogen-bond acceptors (Lipinski definition) is 4. The Kier molecular flexibility index (Phi) is 6.00. The number of thiazole rings is 1. The van der Waals surface area contributed by atoms with E-state index in [2.05, 4.69) is 48.3 Å². The van der Waals surface area contributed by atoms with Crippen LogP contribution in [0.5, 0.6) is 0 Å². The molecule has 2 rings (SSSR count). The number of nitrogens with zero attached hydrogens (tertiary/aromatic N) is 2. The summed E-state index contributed by atoms with van der Waals surface area (Å²) in [5.74, 6) is 1.49. The van der Waals surface area contributed by atoms with E-state index in [-0.39, 0.29) is 0 Å². The molecule has 0 bridgehead atoms. The fraction of sp³-hybridized carbons (Fsp3) is 0.812. The Bertz CT molecular complexity index is 377. The monoisotopic (exact) mass is 295 g/mol. The Labute approximate surface area is 127 Å². The zero-order valence-corrected chi connectivity index (χ0v) is 14.1. The quantitative estimate of drug-likeness (QED) is 0.872. The van der Waals surface area contributed by atoms with E-state index in [1.54, 1.807) is 11.3 Å². The molecule has 0 aliphatic carbocycles. The summed E-state index contributed by atoms with van der Waals surface area (Å²) in [5.41, 5.74) is 0. The molecular weight excluding hydrogens is 266 g/mol. The summed E-state index contributed by atoms with van der Waals surface area (Å²) in [7, 11) is 0. The smallest absolute Gasteiger partial charge is 0.107 e. The van der Waals surface area contributed by atoms with Crippen LogP contribution in [0.2, 0.25) is 0 Å². The minimum Gasteiger partial charge on any atom is -0.311 e. The van der Waals surface area contributed by atoms with Crippen LogP contribution in [-0.2, 0) is 6.54 Å². The van der Waals surface area contributed by atoms with E-state index < -0.39 is 0 Å². The van der Waals surface area contributed by atoms with Crippen LogP contribution in [0, 0.1) is 11.8 Å². The number of rotatable bonds is 6. The summed E-state index contributed by atoms with van der Waals surface area (Å²) in [6.07, 6.45) is 4.44. The molecule has 3 atom stereocenters. The lowest BCUT2D eigenvalue weighted by molar-refractivity contribution is 0.0888. The van der Waals surface area contributed by atoms with Gasteiger partial charge in [-0.1, -0.05) is 34.1 Å². The van der Waals surface area contributed by atoms with Crippen molar-refractivity contribution in [3.63, 3.8) is 0 Å². The molecule has 0 saturated carbocycles. The molecule has 0 aromatic carbocycles. The topological polar surface area (TPSA) is 28.2 Å². The second-order valence-corrected chi connectivity index (χ2v) is 7.52. The Morgan fingerprint density at radius 1 is 1.45 bits per heavy atom. The lowest BCUT2D eigenvalue weighted by atomic mass is 9.93. The van der Waals surface area contributed by atoms with Crippen LogP contribution < -0.4 is 5.32 Å². The van der Waals surface area contributed by atoms with Gasteiger partial charge < -0.3 is 5.32 Å². The van der Waals surface area contributed by atoms with E-state index in [0.717, 1.165) is 31.5 Å². The standard InChI is InChI=1S/C16H29N3S/c1-5-13(4)15-10-19(11-16-17-6-7-20-16)14(9-18-15)8-12(2)3/h6-7,12-15,18H,5,8-11H2,1-4H3. The minimum atomic E-state index is 0.628. The van der Waals surface area contributed by atoms with Crippen molar-refractivity contribution in [2.45, 2.75) is 59.2 Å². The van der Waals surface area contributed by atoms with E-state index in [1.165, 1.54) is 17.8 Å². The van der Waals surface area contributed by atoms with Gasteiger partial charge in [0.1, 0.15) is 5.01 Å². The molecule has 3 nitrogen and oxygen atoms in total. The molecule has 1 aromatic rings. The summed E-state index contributed by atoms with van der Waals surface area (Å²) in [6.45, 7) is 12.6. The average Bonchev–Trinajstić information content (AvgIpc) is 2.92. The lowest BCUT2D eigenvalue weighted by Crippen LogP contribution is -2.58. The number of aromatic nitrogens is 1. The van der Waals surface area contributed by atoms with Gasteiger partial charge in [0.2, 0.25) is 0 Å². The van der Waals surface area contributed by atoms with Crippen LogP contribution in [0.3, 0.4) is 0 Å². The number of piperazine rings is 1. The maximum atomic E-state index is 4.47. The van der Waals surface area contributed by atoms with Crippen molar-refractivity contribution in [1.82, 2.24) is 15.2 Å². The van der Waals surface area contributed by atoms with Crippen LogP contribution in [0.15, 0.2) is 11.6 Å². The molecule has 1 N–H and O–H groups in total. The number of hydrogen-bond donors (Lipinski definition) is 1. The normalized spacial score (nSPS) is 26.1. The van der Waals surface area contributed by atoms with Gasteiger partial charge in [-0.25, -0.2) is 4.98 Å². The van der Waals surface area contributed by atoms with Gasteiger partial charge in [-0.2, -0.15) is 0 Å². The van der Waals surface area contributed by atoms with E-state index in [1.807, 2.05) is 6.20 Å². The summed E-state index contributed by atoms with van der Waals surface area (Å²) in [4.78, 5) is 7.13. The summed E-state index contributed by atoms with van der Waals surface area (Å²) >= 11 is 1.78. The van der Waals surface area contributed by atoms with Crippen molar-refractivity contribution in [2.75, 3.05) is 13.1 Å². The van der Waals surface area contributed by atoms with Gasteiger partial charge in [0.25, 0.3) is 0 Å². The van der Waals surface area contributed by atoms with Crippen molar-refractivity contribution in [2.24, 2.45) is 11.8 Å². The first-order valence-electron chi connectivity index (χ1n) is 7.96. The molecule has 114 valence electrons. The second-order valence-electron chi connectivity index (χ2n) is 6.54. The average molecular weight is 295 g/mol. The van der Waals surface area contributed by atoms with Gasteiger partial charge in [0, 0.05) is 36.8 Å². The molecule has 0 radical (unpaired) electrons. The molecular formula is C16H29N3S. The van der Waals surface area contributed by atoms with Crippen molar-refractivity contribution in [3.05, 3.63) is 16.6 Å². The molecule has 3 unspecified atom stereocenters. The lowest BCUT2D eigenvalue weighted by Gasteiger charge is -2.42. The molecule has 0 amide bonds. The van der Waals surface area contributed by atoms with Gasteiger partial charge >= 0.3 is 0 Å². The SMILES string of the molecule is CCC(C)C1CN(Cc2nccs2)C(CC(C)C)CN1. The highest BCUT2D eigenvalue weighted by molar-refractivity contribution is 7.09. The molecule has 1 aliphatic heterocycles. The van der Waals surface area contributed by atoms with Crippen molar-refractivity contribution in [3.8, 4) is 0 Å². The second kappa shape index (κ2) is 7.53. The Morgan fingerprint density at radius 2 is 2.25 bits per heavy atom. The largest absolute Gasteiger partial charge is 0.311 e. The maximum Gasteiger partial charge on any atom is 0.107 e. The first-order valence-corrected chi connectivity index (χ1v) is 8.83. The van der Waals surface area contributed by atoms with E-state index in [9.17, 15) is 0 Å². The minimum absolute atomic E-state index is 0.628. The zero-order chi connectivity index (χ0) is 14.5. The summed E-state index contributed by atoms with van der Waals surface area (Å²) < 4.78 is 0. The predicted octanol–water partition coefficient (Wildman–Crippen LogP) is 3.38. The molecule has 1 aliphatic rings. The Balaban J connectivity index is 2.02. The summed E-state index contributed by atoms with van der Waals surface area (Å²) in [6, 6.07) is 1.28. The van der Waals surface area contributed by atoms with E-state index in [4.69, 9.17) is 0 Å². The van der Waals surface area contributed by atoms with Crippen molar-refractivity contribution in [1.29, 1.82) is 0 Å². The fourth-order valence-electron chi connectivity index (χ4n) is 3.02. The molecule has 4 heteroatoms. The highest BCUT2D eigenvalue weighted by atomic mass is 32.1. The van der Waals surface area contributed by atoms with Crippen molar-refractivity contribution < 1.29 is 0 Å². The first kappa shape index (κ1) is 15.9. The molecule has 1 aromatic heterocycles. The third kappa shape index (κ3) is 4.27.